The van der Waals surface area contributed by atoms with Gasteiger partial charge in [0.2, 0.25) is 0 Å². The molecule has 1 aromatic heterocycles. The van der Waals surface area contributed by atoms with Crippen LogP contribution in [0.4, 0.5) is 5.69 Å². The molecule has 0 radical (unpaired) electrons. The second kappa shape index (κ2) is 6.57. The van der Waals surface area contributed by atoms with E-state index in [-0.39, 0.29) is 0 Å². The third kappa shape index (κ3) is 3.15. The van der Waals surface area contributed by atoms with Gasteiger partial charge in [-0.25, -0.2) is 0 Å². The number of hydrogen-bond donors (Lipinski definition) is 1. The van der Waals surface area contributed by atoms with Gasteiger partial charge in [-0.2, -0.15) is 0 Å². The van der Waals surface area contributed by atoms with Crippen LogP contribution in [0, 0.1) is 13.8 Å². The van der Waals surface area contributed by atoms with Crippen molar-refractivity contribution in [2.24, 2.45) is 0 Å². The molecule has 0 aliphatic carbocycles. The van der Waals surface area contributed by atoms with Gasteiger partial charge >= 0.3 is 0 Å². The van der Waals surface area contributed by atoms with Gasteiger partial charge in [0.05, 0.1) is 19.9 Å². The molecule has 0 aliphatic rings. The second-order valence-corrected chi connectivity index (χ2v) is 5.06. The monoisotopic (exact) mass is 288 g/mol. The minimum absolute atomic E-state index is 0.780. The number of ether oxygens (including phenoxy) is 2. The lowest BCUT2D eigenvalue weighted by Crippen LogP contribution is -2.04. The Balaban J connectivity index is 2.16. The summed E-state index contributed by atoms with van der Waals surface area (Å²) in [4.78, 5) is 0. The van der Waals surface area contributed by atoms with Crippen molar-refractivity contribution in [3.05, 3.63) is 41.2 Å². The van der Waals surface area contributed by atoms with Gasteiger partial charge in [-0.1, -0.05) is 0 Å². The van der Waals surface area contributed by atoms with Crippen molar-refractivity contribution in [1.82, 2.24) is 4.57 Å². The highest BCUT2D eigenvalue weighted by atomic mass is 16.5. The summed E-state index contributed by atoms with van der Waals surface area (Å²) in [5.41, 5.74) is 4.90. The average Bonchev–Trinajstić information content (AvgIpc) is 2.78. The van der Waals surface area contributed by atoms with Crippen LogP contribution in [0.3, 0.4) is 0 Å². The maximum atomic E-state index is 5.41. The summed E-state index contributed by atoms with van der Waals surface area (Å²) in [6, 6.07) is 8.04. The van der Waals surface area contributed by atoms with E-state index in [0.29, 0.717) is 0 Å². The zero-order valence-corrected chi connectivity index (χ0v) is 13.5. The lowest BCUT2D eigenvalue weighted by Gasteiger charge is -2.13. The molecular formula is C17H24N2O2. The van der Waals surface area contributed by atoms with Crippen molar-refractivity contribution >= 4 is 5.69 Å². The normalized spacial score (nSPS) is 10.5. The molecule has 0 aliphatic heterocycles. The first kappa shape index (κ1) is 15.3. The maximum Gasteiger partial charge on any atom is 0.145 e. The van der Waals surface area contributed by atoms with Crippen molar-refractivity contribution in [2.75, 3.05) is 19.5 Å². The molecule has 4 nitrogen and oxygen atoms in total. The summed E-state index contributed by atoms with van der Waals surface area (Å²) in [5.74, 6) is 1.58. The molecule has 0 saturated heterocycles. The Morgan fingerprint density at radius 3 is 2.43 bits per heavy atom. The molecule has 2 rings (SSSR count). The fourth-order valence-electron chi connectivity index (χ4n) is 2.67. The van der Waals surface area contributed by atoms with Crippen LogP contribution < -0.4 is 14.8 Å². The van der Waals surface area contributed by atoms with E-state index < -0.39 is 0 Å². The highest BCUT2D eigenvalue weighted by Crippen LogP contribution is 2.29. The number of nitrogens with zero attached hydrogens (tertiary/aromatic N) is 1. The molecule has 4 heteroatoms. The Bertz CT molecular complexity index is 617. The van der Waals surface area contributed by atoms with Crippen LogP contribution in [0.1, 0.15) is 23.9 Å². The SMILES string of the molecule is CCn1c(C)cc(CNc2ccc(OC)cc2OC)c1C. The molecule has 0 unspecified atom stereocenters. The molecule has 2 aromatic rings. The highest BCUT2D eigenvalue weighted by molar-refractivity contribution is 5.59. The number of methoxy groups -OCH3 is 2. The maximum absolute atomic E-state index is 5.41. The predicted molar refractivity (Wildman–Crippen MR) is 86.5 cm³/mol. The van der Waals surface area contributed by atoms with Gasteiger partial charge in [-0.3, -0.25) is 0 Å². The molecule has 0 atom stereocenters. The van der Waals surface area contributed by atoms with Crippen molar-refractivity contribution in [2.45, 2.75) is 33.9 Å². The third-order valence-corrected chi connectivity index (χ3v) is 3.87. The van der Waals surface area contributed by atoms with Crippen LogP contribution in [0.2, 0.25) is 0 Å². The molecule has 1 N–H and O–H groups in total. The molecule has 114 valence electrons. The number of rotatable bonds is 6. The Labute approximate surface area is 126 Å². The quantitative estimate of drug-likeness (QED) is 0.879. The largest absolute Gasteiger partial charge is 0.497 e. The Kier molecular flexibility index (Phi) is 4.78. The molecule has 1 heterocycles. The molecule has 0 spiro atoms. The number of aryl methyl sites for hydroxylation is 1. The highest BCUT2D eigenvalue weighted by Gasteiger charge is 2.09. The third-order valence-electron chi connectivity index (χ3n) is 3.87. The standard InChI is InChI=1S/C17H24N2O2/c1-6-19-12(2)9-14(13(19)3)11-18-16-8-7-15(20-4)10-17(16)21-5/h7-10,18H,6,11H2,1-5H3. The van der Waals surface area contributed by atoms with Gasteiger partial charge in [-0.05, 0) is 44.5 Å². The fraction of sp³-hybridized carbons (Fsp3) is 0.412. The molecule has 21 heavy (non-hydrogen) atoms. The average molecular weight is 288 g/mol. The number of nitrogens with one attached hydrogen (secondary N) is 1. The van der Waals surface area contributed by atoms with Gasteiger partial charge in [0, 0.05) is 30.5 Å². The van der Waals surface area contributed by atoms with Crippen LogP contribution in [0.15, 0.2) is 24.3 Å². The molecule has 0 saturated carbocycles. The van der Waals surface area contributed by atoms with Crippen molar-refractivity contribution in [3.63, 3.8) is 0 Å². The summed E-state index contributed by atoms with van der Waals surface area (Å²) in [5, 5.41) is 3.44. The van der Waals surface area contributed by atoms with E-state index in [1.54, 1.807) is 14.2 Å². The van der Waals surface area contributed by atoms with Gasteiger partial charge in [0.1, 0.15) is 11.5 Å². The summed E-state index contributed by atoms with van der Waals surface area (Å²) >= 11 is 0. The summed E-state index contributed by atoms with van der Waals surface area (Å²) < 4.78 is 12.9. The fourth-order valence-corrected chi connectivity index (χ4v) is 2.67. The van der Waals surface area contributed by atoms with Gasteiger partial charge in [0.25, 0.3) is 0 Å². The molecule has 0 bridgehead atoms. The van der Waals surface area contributed by atoms with E-state index in [9.17, 15) is 0 Å². The zero-order valence-electron chi connectivity index (χ0n) is 13.5. The zero-order chi connectivity index (χ0) is 15.4. The number of benzene rings is 1. The predicted octanol–water partition coefficient (Wildman–Crippen LogP) is 3.75. The smallest absolute Gasteiger partial charge is 0.145 e. The first-order chi connectivity index (χ1) is 10.1. The van der Waals surface area contributed by atoms with Crippen LogP contribution in [0.5, 0.6) is 11.5 Å². The van der Waals surface area contributed by atoms with E-state index in [1.165, 1.54) is 17.0 Å². The lowest BCUT2D eigenvalue weighted by atomic mass is 10.2. The van der Waals surface area contributed by atoms with Gasteiger partial charge in [0.15, 0.2) is 0 Å². The number of anilines is 1. The molecule has 0 amide bonds. The summed E-state index contributed by atoms with van der Waals surface area (Å²) in [7, 11) is 3.32. The molecule has 1 aromatic carbocycles. The lowest BCUT2D eigenvalue weighted by molar-refractivity contribution is 0.395. The Morgan fingerprint density at radius 1 is 1.10 bits per heavy atom. The van der Waals surface area contributed by atoms with Crippen LogP contribution in [-0.4, -0.2) is 18.8 Å². The Morgan fingerprint density at radius 2 is 1.86 bits per heavy atom. The summed E-state index contributed by atoms with van der Waals surface area (Å²) in [6.45, 7) is 8.27. The van der Waals surface area contributed by atoms with E-state index >= 15 is 0 Å². The van der Waals surface area contributed by atoms with Crippen LogP contribution >= 0.6 is 0 Å². The molecule has 0 fully saturated rings. The number of aromatic nitrogens is 1. The van der Waals surface area contributed by atoms with Crippen molar-refractivity contribution < 1.29 is 9.47 Å². The van der Waals surface area contributed by atoms with Gasteiger partial charge < -0.3 is 19.4 Å². The minimum atomic E-state index is 0.780. The summed E-state index contributed by atoms with van der Waals surface area (Å²) in [6.07, 6.45) is 0. The minimum Gasteiger partial charge on any atom is -0.497 e. The second-order valence-electron chi connectivity index (χ2n) is 5.06. The topological polar surface area (TPSA) is 35.4 Å². The van der Waals surface area contributed by atoms with E-state index in [2.05, 4.69) is 36.7 Å². The number of hydrogen-bond acceptors (Lipinski definition) is 3. The van der Waals surface area contributed by atoms with E-state index in [4.69, 9.17) is 9.47 Å². The Hall–Kier alpha value is -2.10. The van der Waals surface area contributed by atoms with Crippen LogP contribution in [0.25, 0.3) is 0 Å². The first-order valence-corrected chi connectivity index (χ1v) is 7.22. The van der Waals surface area contributed by atoms with E-state index in [0.717, 1.165) is 30.3 Å². The first-order valence-electron chi connectivity index (χ1n) is 7.22. The van der Waals surface area contributed by atoms with Gasteiger partial charge in [-0.15, -0.1) is 0 Å². The van der Waals surface area contributed by atoms with Crippen molar-refractivity contribution in [3.8, 4) is 11.5 Å². The van der Waals surface area contributed by atoms with E-state index in [1.807, 2.05) is 18.2 Å². The van der Waals surface area contributed by atoms with Crippen LogP contribution in [-0.2, 0) is 13.1 Å². The van der Waals surface area contributed by atoms with Crippen molar-refractivity contribution in [1.29, 1.82) is 0 Å². The molecular weight excluding hydrogens is 264 g/mol.